The first-order valence-corrected chi connectivity index (χ1v) is 9.78. The van der Waals surface area contributed by atoms with Gasteiger partial charge in [-0.25, -0.2) is 0 Å². The van der Waals surface area contributed by atoms with Gasteiger partial charge in [0.15, 0.2) is 0 Å². The Kier molecular flexibility index (Phi) is 5.61. The van der Waals surface area contributed by atoms with Crippen LogP contribution in [0.5, 0.6) is 0 Å². The van der Waals surface area contributed by atoms with Gasteiger partial charge in [0.1, 0.15) is 5.78 Å². The smallest absolute Gasteiger partial charge is 0.309 e. The van der Waals surface area contributed by atoms with E-state index in [1.165, 1.54) is 42.2 Å². The van der Waals surface area contributed by atoms with Gasteiger partial charge in [-0.3, -0.25) is 9.59 Å². The third-order valence-corrected chi connectivity index (χ3v) is 5.95. The number of esters is 1. The molecule has 3 nitrogen and oxygen atoms in total. The Labute approximate surface area is 151 Å². The number of ether oxygens (including phenoxy) is 1. The SMILES string of the molecule is CCc1cc(C)cc(C2CC2)c1CC(=O)[C@H]1CCCC[C@@H]1C(=O)OC. The Hall–Kier alpha value is -1.64. The molecule has 2 aliphatic carbocycles. The first kappa shape index (κ1) is 18.2. The zero-order valence-corrected chi connectivity index (χ0v) is 15.8. The van der Waals surface area contributed by atoms with E-state index < -0.39 is 0 Å². The Balaban J connectivity index is 1.86. The average molecular weight is 342 g/mol. The van der Waals surface area contributed by atoms with Crippen molar-refractivity contribution in [3.63, 3.8) is 0 Å². The summed E-state index contributed by atoms with van der Waals surface area (Å²) in [6.45, 7) is 4.31. The van der Waals surface area contributed by atoms with Crippen LogP contribution in [-0.2, 0) is 27.2 Å². The quantitative estimate of drug-likeness (QED) is 0.714. The minimum Gasteiger partial charge on any atom is -0.469 e. The van der Waals surface area contributed by atoms with Crippen LogP contribution in [0.1, 0.15) is 73.6 Å². The van der Waals surface area contributed by atoms with Crippen LogP contribution < -0.4 is 0 Å². The van der Waals surface area contributed by atoms with Crippen LogP contribution in [0, 0.1) is 18.8 Å². The molecule has 0 aromatic heterocycles. The van der Waals surface area contributed by atoms with Gasteiger partial charge in [0.05, 0.1) is 13.0 Å². The second-order valence-electron chi connectivity index (χ2n) is 7.78. The number of ketones is 1. The molecule has 0 bridgehead atoms. The number of carbonyl (C=O) groups excluding carboxylic acids is 2. The molecule has 3 heteroatoms. The molecule has 0 spiro atoms. The van der Waals surface area contributed by atoms with Gasteiger partial charge in [-0.1, -0.05) is 37.5 Å². The monoisotopic (exact) mass is 342 g/mol. The van der Waals surface area contributed by atoms with Gasteiger partial charge < -0.3 is 4.74 Å². The Morgan fingerprint density at radius 2 is 1.76 bits per heavy atom. The molecule has 2 saturated carbocycles. The van der Waals surface area contributed by atoms with Gasteiger partial charge in [-0.05, 0) is 61.6 Å². The molecule has 2 aliphatic rings. The summed E-state index contributed by atoms with van der Waals surface area (Å²) in [5, 5.41) is 0. The number of Topliss-reactive ketones (excluding diaryl/α,β-unsaturated/α-hetero) is 1. The van der Waals surface area contributed by atoms with E-state index in [-0.39, 0.29) is 23.6 Å². The highest BCUT2D eigenvalue weighted by Gasteiger charge is 2.37. The molecule has 0 heterocycles. The van der Waals surface area contributed by atoms with Crippen LogP contribution in [-0.4, -0.2) is 18.9 Å². The van der Waals surface area contributed by atoms with Crippen molar-refractivity contribution in [1.82, 2.24) is 0 Å². The largest absolute Gasteiger partial charge is 0.469 e. The zero-order valence-electron chi connectivity index (χ0n) is 15.8. The second-order valence-corrected chi connectivity index (χ2v) is 7.78. The minimum absolute atomic E-state index is 0.167. The Morgan fingerprint density at radius 3 is 2.36 bits per heavy atom. The van der Waals surface area contributed by atoms with Crippen LogP contribution >= 0.6 is 0 Å². The van der Waals surface area contributed by atoms with Crippen LogP contribution in [0.3, 0.4) is 0 Å². The highest BCUT2D eigenvalue weighted by molar-refractivity contribution is 5.89. The van der Waals surface area contributed by atoms with Crippen molar-refractivity contribution < 1.29 is 14.3 Å². The molecule has 3 rings (SSSR count). The van der Waals surface area contributed by atoms with Crippen molar-refractivity contribution in [3.8, 4) is 0 Å². The molecule has 0 saturated heterocycles. The second kappa shape index (κ2) is 7.72. The lowest BCUT2D eigenvalue weighted by molar-refractivity contribution is -0.151. The lowest BCUT2D eigenvalue weighted by Crippen LogP contribution is -2.34. The fourth-order valence-corrected chi connectivity index (χ4v) is 4.47. The molecule has 0 unspecified atom stereocenters. The highest BCUT2D eigenvalue weighted by atomic mass is 16.5. The van der Waals surface area contributed by atoms with Crippen molar-refractivity contribution in [1.29, 1.82) is 0 Å². The van der Waals surface area contributed by atoms with Crippen molar-refractivity contribution in [3.05, 3.63) is 34.4 Å². The van der Waals surface area contributed by atoms with E-state index in [0.29, 0.717) is 12.3 Å². The van der Waals surface area contributed by atoms with Gasteiger partial charge in [-0.15, -0.1) is 0 Å². The van der Waals surface area contributed by atoms with Crippen LogP contribution in [0.4, 0.5) is 0 Å². The molecule has 0 amide bonds. The molecule has 1 aromatic carbocycles. The third-order valence-electron chi connectivity index (χ3n) is 5.95. The maximum atomic E-state index is 13.1. The predicted molar refractivity (Wildman–Crippen MR) is 98.7 cm³/mol. The fraction of sp³-hybridized carbons (Fsp3) is 0.636. The topological polar surface area (TPSA) is 43.4 Å². The number of hydrogen-bond acceptors (Lipinski definition) is 3. The molecule has 136 valence electrons. The minimum atomic E-state index is -0.244. The van der Waals surface area contributed by atoms with Gasteiger partial charge >= 0.3 is 5.97 Å². The summed E-state index contributed by atoms with van der Waals surface area (Å²) in [7, 11) is 1.43. The van der Waals surface area contributed by atoms with Crippen LogP contribution in [0.15, 0.2) is 12.1 Å². The van der Waals surface area contributed by atoms with E-state index in [2.05, 4.69) is 26.0 Å². The number of hydrogen-bond donors (Lipinski definition) is 0. The van der Waals surface area contributed by atoms with E-state index in [0.717, 1.165) is 32.1 Å². The lowest BCUT2D eigenvalue weighted by Gasteiger charge is -2.29. The summed E-state index contributed by atoms with van der Waals surface area (Å²) in [4.78, 5) is 25.3. The summed E-state index contributed by atoms with van der Waals surface area (Å²) in [6, 6.07) is 4.51. The first-order valence-electron chi connectivity index (χ1n) is 9.78. The maximum absolute atomic E-state index is 13.1. The highest BCUT2D eigenvalue weighted by Crippen LogP contribution is 2.43. The van der Waals surface area contributed by atoms with E-state index >= 15 is 0 Å². The lowest BCUT2D eigenvalue weighted by atomic mass is 9.75. The van der Waals surface area contributed by atoms with Crippen LogP contribution in [0.25, 0.3) is 0 Å². The predicted octanol–water partition coefficient (Wildman–Crippen LogP) is 4.53. The first-order chi connectivity index (χ1) is 12.0. The van der Waals surface area contributed by atoms with Gasteiger partial charge in [0, 0.05) is 12.3 Å². The molecule has 2 fully saturated rings. The molecule has 0 radical (unpaired) electrons. The molecule has 0 N–H and O–H groups in total. The number of carbonyl (C=O) groups is 2. The van der Waals surface area contributed by atoms with Crippen molar-refractivity contribution in [2.75, 3.05) is 7.11 Å². The molecule has 2 atom stereocenters. The standard InChI is InChI=1S/C22H30O3/c1-4-15-11-14(2)12-19(16-9-10-16)20(15)13-21(23)17-7-5-6-8-18(17)22(24)25-3/h11-12,16-18H,4-10,13H2,1-3H3/t17-,18-/m0/s1. The molecular formula is C22H30O3. The molecule has 1 aromatic rings. The van der Waals surface area contributed by atoms with Gasteiger partial charge in [0.2, 0.25) is 0 Å². The van der Waals surface area contributed by atoms with E-state index in [4.69, 9.17) is 4.74 Å². The molecular weight excluding hydrogens is 312 g/mol. The number of rotatable bonds is 6. The number of benzene rings is 1. The third kappa shape index (κ3) is 3.96. The van der Waals surface area contributed by atoms with E-state index in [1.54, 1.807) is 0 Å². The van der Waals surface area contributed by atoms with Crippen LogP contribution in [0.2, 0.25) is 0 Å². The zero-order chi connectivity index (χ0) is 18.0. The van der Waals surface area contributed by atoms with Gasteiger partial charge in [0.25, 0.3) is 0 Å². The summed E-state index contributed by atoms with van der Waals surface area (Å²) in [6.07, 6.45) is 7.57. The number of methoxy groups -OCH3 is 1. The molecule has 25 heavy (non-hydrogen) atoms. The van der Waals surface area contributed by atoms with E-state index in [1.807, 2.05) is 0 Å². The van der Waals surface area contributed by atoms with Crippen molar-refractivity contribution in [2.24, 2.45) is 11.8 Å². The summed E-state index contributed by atoms with van der Waals surface area (Å²) < 4.78 is 4.96. The Bertz CT molecular complexity index is 657. The molecule has 0 aliphatic heterocycles. The summed E-state index contributed by atoms with van der Waals surface area (Å²) in [5.41, 5.74) is 5.23. The number of aryl methyl sites for hydroxylation is 2. The summed E-state index contributed by atoms with van der Waals surface area (Å²) >= 11 is 0. The maximum Gasteiger partial charge on any atom is 0.309 e. The fourth-order valence-electron chi connectivity index (χ4n) is 4.47. The normalized spacial score (nSPS) is 23.3. The van der Waals surface area contributed by atoms with Gasteiger partial charge in [-0.2, -0.15) is 0 Å². The van der Waals surface area contributed by atoms with Crippen molar-refractivity contribution >= 4 is 11.8 Å². The average Bonchev–Trinajstić information content (AvgIpc) is 3.47. The van der Waals surface area contributed by atoms with E-state index in [9.17, 15) is 9.59 Å². The summed E-state index contributed by atoms with van der Waals surface area (Å²) in [5.74, 6) is 0.247. The Morgan fingerprint density at radius 1 is 1.08 bits per heavy atom. The van der Waals surface area contributed by atoms with Crippen molar-refractivity contribution in [2.45, 2.75) is 71.1 Å².